The second kappa shape index (κ2) is 3.03. The predicted molar refractivity (Wildman–Crippen MR) is 27.1 cm³/mol. The van der Waals surface area contributed by atoms with E-state index in [9.17, 15) is 22.0 Å². The fourth-order valence-electron chi connectivity index (χ4n) is 0.338. The van der Waals surface area contributed by atoms with Crippen LogP contribution in [-0.2, 0) is 0 Å². The van der Waals surface area contributed by atoms with E-state index in [2.05, 4.69) is 4.85 Å². The zero-order valence-electron chi connectivity index (χ0n) is 5.25. The van der Waals surface area contributed by atoms with E-state index in [1.54, 1.807) is 0 Å². The molecule has 0 amide bonds. The molecule has 0 spiro atoms. The van der Waals surface area contributed by atoms with E-state index >= 15 is 0 Å². The van der Waals surface area contributed by atoms with Crippen LogP contribution < -0.4 is 0 Å². The highest BCUT2D eigenvalue weighted by atomic mass is 19.4. The third-order valence-corrected chi connectivity index (χ3v) is 0.952. The second-order valence-corrected chi connectivity index (χ2v) is 1.83. The van der Waals surface area contributed by atoms with Crippen LogP contribution in [-0.4, -0.2) is 18.6 Å². The molecule has 0 atom stereocenters. The number of hydrogen-bond donors (Lipinski definition) is 0. The first-order chi connectivity index (χ1) is 4.81. The van der Waals surface area contributed by atoms with Crippen LogP contribution in [0.4, 0.5) is 22.0 Å². The van der Waals surface area contributed by atoms with E-state index in [0.29, 0.717) is 0 Å². The first-order valence-corrected chi connectivity index (χ1v) is 2.59. The normalized spacial score (nSPS) is 12.7. The molecule has 64 valence electrons. The van der Waals surface area contributed by atoms with Gasteiger partial charge in [0.05, 0.1) is 6.42 Å². The lowest BCUT2D eigenvalue weighted by molar-refractivity contribution is -0.282. The lowest BCUT2D eigenvalue weighted by Crippen LogP contribution is -2.36. The largest absolute Gasteiger partial charge is 0.453 e. The highest BCUT2D eigenvalue weighted by Crippen LogP contribution is 2.37. The smallest absolute Gasteiger partial charge is 0.317 e. The summed E-state index contributed by atoms with van der Waals surface area (Å²) >= 11 is 0. The predicted octanol–water partition coefficient (Wildman–Crippen LogP) is 2.49. The Kier molecular flexibility index (Phi) is 2.79. The van der Waals surface area contributed by atoms with Crippen molar-refractivity contribution >= 4 is 0 Å². The molecule has 0 fully saturated rings. The van der Waals surface area contributed by atoms with E-state index in [-0.39, 0.29) is 0 Å². The van der Waals surface area contributed by atoms with Crippen molar-refractivity contribution in [2.45, 2.75) is 18.5 Å². The molecule has 0 aromatic heterocycles. The summed E-state index contributed by atoms with van der Waals surface area (Å²) in [7, 11) is 0. The van der Waals surface area contributed by atoms with Crippen LogP contribution in [0.2, 0.25) is 0 Å². The second-order valence-electron chi connectivity index (χ2n) is 1.83. The molecule has 0 saturated carbocycles. The van der Waals surface area contributed by atoms with Crippen LogP contribution in [0, 0.1) is 6.57 Å². The Morgan fingerprint density at radius 1 is 1.09 bits per heavy atom. The summed E-state index contributed by atoms with van der Waals surface area (Å²) < 4.78 is 57.6. The molecular weight excluding hydrogens is 169 g/mol. The molecule has 0 aliphatic heterocycles. The zero-order valence-corrected chi connectivity index (χ0v) is 5.25. The van der Waals surface area contributed by atoms with Crippen molar-refractivity contribution in [2.75, 3.05) is 6.54 Å². The van der Waals surface area contributed by atoms with Gasteiger partial charge in [-0.1, -0.05) is 0 Å². The maximum atomic E-state index is 11.8. The monoisotopic (exact) mass is 173 g/mol. The number of hydrogen-bond acceptors (Lipinski definition) is 0. The van der Waals surface area contributed by atoms with Crippen molar-refractivity contribution in [3.05, 3.63) is 11.4 Å². The molecule has 0 aliphatic rings. The van der Waals surface area contributed by atoms with Crippen LogP contribution in [0.5, 0.6) is 0 Å². The van der Waals surface area contributed by atoms with Gasteiger partial charge in [0.2, 0.25) is 6.54 Å². The molecule has 0 aromatic rings. The number of halogens is 5. The van der Waals surface area contributed by atoms with Gasteiger partial charge < -0.3 is 4.85 Å². The number of rotatable bonds is 2. The summed E-state index contributed by atoms with van der Waals surface area (Å²) in [6.07, 6.45) is -6.99. The molecule has 11 heavy (non-hydrogen) atoms. The Hall–Kier alpha value is -0.860. The summed E-state index contributed by atoms with van der Waals surface area (Å²) in [6.45, 7) is 5.20. The van der Waals surface area contributed by atoms with Crippen LogP contribution in [0.3, 0.4) is 0 Å². The van der Waals surface area contributed by atoms with Gasteiger partial charge in [-0.3, -0.25) is 0 Å². The SMILES string of the molecule is [C-]#[N+]CCC(F)(F)C(F)(F)F. The van der Waals surface area contributed by atoms with Gasteiger partial charge in [-0.15, -0.1) is 0 Å². The van der Waals surface area contributed by atoms with Crippen molar-refractivity contribution in [3.63, 3.8) is 0 Å². The van der Waals surface area contributed by atoms with Gasteiger partial charge in [-0.25, -0.2) is 6.57 Å². The Morgan fingerprint density at radius 3 is 1.82 bits per heavy atom. The molecule has 0 aromatic carbocycles. The first kappa shape index (κ1) is 10.1. The maximum Gasteiger partial charge on any atom is 0.453 e. The molecule has 1 nitrogen and oxygen atoms in total. The number of alkyl halides is 5. The van der Waals surface area contributed by atoms with Crippen LogP contribution in [0.25, 0.3) is 4.85 Å². The first-order valence-electron chi connectivity index (χ1n) is 2.59. The third-order valence-electron chi connectivity index (χ3n) is 0.952. The van der Waals surface area contributed by atoms with E-state index in [0.717, 1.165) is 0 Å². The molecule has 0 aliphatic carbocycles. The van der Waals surface area contributed by atoms with Gasteiger partial charge in [0, 0.05) is 0 Å². The fraction of sp³-hybridized carbons (Fsp3) is 0.800. The Labute approximate surface area is 59.6 Å². The lowest BCUT2D eigenvalue weighted by Gasteiger charge is -2.16. The molecule has 0 N–H and O–H groups in total. The molecule has 0 unspecified atom stereocenters. The van der Waals surface area contributed by atoms with Gasteiger partial charge in [0.15, 0.2) is 0 Å². The highest BCUT2D eigenvalue weighted by molar-refractivity contribution is 4.79. The van der Waals surface area contributed by atoms with Crippen molar-refractivity contribution in [3.8, 4) is 0 Å². The van der Waals surface area contributed by atoms with Crippen LogP contribution in [0.15, 0.2) is 0 Å². The van der Waals surface area contributed by atoms with Crippen LogP contribution >= 0.6 is 0 Å². The van der Waals surface area contributed by atoms with Crippen LogP contribution in [0.1, 0.15) is 6.42 Å². The molecule has 0 heterocycles. The minimum absolute atomic E-state index is 0.813. The van der Waals surface area contributed by atoms with Crippen molar-refractivity contribution in [1.29, 1.82) is 0 Å². The summed E-state index contributed by atoms with van der Waals surface area (Å²) in [5.41, 5.74) is 0. The maximum absolute atomic E-state index is 11.8. The summed E-state index contributed by atoms with van der Waals surface area (Å²) in [6, 6.07) is 0. The standard InChI is InChI=1S/C5H4F5N/c1-11-3-2-4(6,7)5(8,9)10/h2-3H2. The topological polar surface area (TPSA) is 4.36 Å². The zero-order chi connectivity index (χ0) is 9.12. The molecular formula is C5H4F5N. The summed E-state index contributed by atoms with van der Waals surface area (Å²) in [5, 5.41) is 0. The quantitative estimate of drug-likeness (QED) is 0.446. The molecule has 0 bridgehead atoms. The summed E-state index contributed by atoms with van der Waals surface area (Å²) in [5.74, 6) is -4.72. The lowest BCUT2D eigenvalue weighted by atomic mass is 10.2. The van der Waals surface area contributed by atoms with Gasteiger partial charge in [0.1, 0.15) is 0 Å². The van der Waals surface area contributed by atoms with Gasteiger partial charge in [-0.2, -0.15) is 22.0 Å². The van der Waals surface area contributed by atoms with Gasteiger partial charge in [0.25, 0.3) is 0 Å². The van der Waals surface area contributed by atoms with Gasteiger partial charge >= 0.3 is 12.1 Å². The molecule has 0 saturated heterocycles. The Morgan fingerprint density at radius 2 is 1.55 bits per heavy atom. The minimum Gasteiger partial charge on any atom is -0.317 e. The average molecular weight is 173 g/mol. The average Bonchev–Trinajstić information content (AvgIpc) is 1.81. The molecule has 6 heteroatoms. The third kappa shape index (κ3) is 2.70. The number of nitrogens with zero attached hydrogens (tertiary/aromatic N) is 1. The van der Waals surface area contributed by atoms with E-state index in [4.69, 9.17) is 6.57 Å². The van der Waals surface area contributed by atoms with E-state index in [1.165, 1.54) is 0 Å². The van der Waals surface area contributed by atoms with Crippen molar-refractivity contribution in [1.82, 2.24) is 0 Å². The van der Waals surface area contributed by atoms with E-state index in [1.807, 2.05) is 0 Å². The molecule has 0 radical (unpaired) electrons. The molecule has 0 rings (SSSR count). The van der Waals surface area contributed by atoms with E-state index < -0.39 is 25.1 Å². The summed E-state index contributed by atoms with van der Waals surface area (Å²) in [4.78, 5) is 2.40. The fourth-order valence-corrected chi connectivity index (χ4v) is 0.338. The van der Waals surface area contributed by atoms with Gasteiger partial charge in [-0.05, 0) is 0 Å². The van der Waals surface area contributed by atoms with Crippen molar-refractivity contribution < 1.29 is 22.0 Å². The highest BCUT2D eigenvalue weighted by Gasteiger charge is 2.57. The Bertz CT molecular complexity index is 165. The Balaban J connectivity index is 4.13. The van der Waals surface area contributed by atoms with Crippen molar-refractivity contribution in [2.24, 2.45) is 0 Å². The minimum atomic E-state index is -5.53.